The number of nitrogens with two attached hydrogens (primary N) is 1. The molecule has 1 saturated heterocycles. The summed E-state index contributed by atoms with van der Waals surface area (Å²) in [5.41, 5.74) is 5.65. The minimum Gasteiger partial charge on any atom is -0.481 e. The van der Waals surface area contributed by atoms with Gasteiger partial charge in [-0.25, -0.2) is 0 Å². The van der Waals surface area contributed by atoms with Gasteiger partial charge in [-0.1, -0.05) is 25.5 Å². The van der Waals surface area contributed by atoms with Crippen LogP contribution in [-0.4, -0.2) is 46.2 Å². The summed E-state index contributed by atoms with van der Waals surface area (Å²) in [5.74, 6) is -1.37. The highest BCUT2D eigenvalue weighted by molar-refractivity contribution is 5.92. The van der Waals surface area contributed by atoms with Gasteiger partial charge in [0.2, 0.25) is 5.91 Å². The number of benzene rings is 1. The largest absolute Gasteiger partial charge is 0.481 e. The van der Waals surface area contributed by atoms with Gasteiger partial charge in [-0.05, 0) is 37.1 Å². The van der Waals surface area contributed by atoms with Crippen molar-refractivity contribution in [1.82, 2.24) is 4.90 Å². The van der Waals surface area contributed by atoms with Crippen LogP contribution in [0.25, 0.3) is 0 Å². The van der Waals surface area contributed by atoms with Crippen LogP contribution in [0.3, 0.4) is 0 Å². The first-order valence-corrected chi connectivity index (χ1v) is 7.91. The number of piperidine rings is 1. The Labute approximate surface area is 135 Å². The van der Waals surface area contributed by atoms with Crippen LogP contribution in [0, 0.1) is 5.41 Å². The summed E-state index contributed by atoms with van der Waals surface area (Å²) in [6.07, 6.45) is 0.790. The van der Waals surface area contributed by atoms with E-state index in [0.717, 1.165) is 12.0 Å². The normalized spacial score (nSPS) is 25.2. The van der Waals surface area contributed by atoms with Crippen LogP contribution in [0.4, 0.5) is 0 Å². The zero-order chi connectivity index (χ0) is 17.0. The number of nitrogens with zero attached hydrogens (tertiary/aromatic N) is 1. The number of likely N-dealkylation sites (tertiary alicyclic amines) is 1. The molecule has 4 N–H and O–H groups in total. The molecule has 0 saturated carbocycles. The molecule has 1 heterocycles. The van der Waals surface area contributed by atoms with Gasteiger partial charge in [0, 0.05) is 18.7 Å². The SMILES string of the molecule is CCC[C@]1(C(=O)O)CCN(Cc2ccc(C(N)=O)cc2)C[C@@H]1O. The third kappa shape index (κ3) is 3.71. The molecular weight excluding hydrogens is 296 g/mol. The maximum atomic E-state index is 11.6. The molecule has 1 aromatic rings. The van der Waals surface area contributed by atoms with E-state index in [2.05, 4.69) is 0 Å². The number of carboxylic acid groups (broad SMARTS) is 1. The van der Waals surface area contributed by atoms with Gasteiger partial charge in [0.05, 0.1) is 11.5 Å². The number of carbonyl (C=O) groups excluding carboxylic acids is 1. The summed E-state index contributed by atoms with van der Waals surface area (Å²) in [4.78, 5) is 24.7. The molecular formula is C17H24N2O4. The van der Waals surface area contributed by atoms with Crippen LogP contribution >= 0.6 is 0 Å². The highest BCUT2D eigenvalue weighted by Gasteiger charge is 2.47. The zero-order valence-electron chi connectivity index (χ0n) is 13.4. The number of amides is 1. The van der Waals surface area contributed by atoms with Crippen molar-refractivity contribution in [1.29, 1.82) is 0 Å². The van der Waals surface area contributed by atoms with Gasteiger partial charge in [-0.3, -0.25) is 14.5 Å². The Kier molecular flexibility index (Phi) is 5.38. The topological polar surface area (TPSA) is 104 Å². The van der Waals surface area contributed by atoms with E-state index in [-0.39, 0.29) is 0 Å². The van der Waals surface area contributed by atoms with Crippen molar-refractivity contribution in [3.05, 3.63) is 35.4 Å². The second-order valence-corrected chi connectivity index (χ2v) is 6.27. The zero-order valence-corrected chi connectivity index (χ0v) is 13.4. The summed E-state index contributed by atoms with van der Waals surface area (Å²) >= 11 is 0. The predicted octanol–water partition coefficient (Wildman–Crippen LogP) is 1.22. The molecule has 0 aromatic heterocycles. The minimum atomic E-state index is -1.03. The molecule has 2 rings (SSSR count). The molecule has 1 amide bonds. The summed E-state index contributed by atoms with van der Waals surface area (Å²) in [6, 6.07) is 7.02. The van der Waals surface area contributed by atoms with Crippen molar-refractivity contribution in [2.24, 2.45) is 11.1 Å². The van der Waals surface area contributed by atoms with Gasteiger partial charge in [-0.2, -0.15) is 0 Å². The fraction of sp³-hybridized carbons (Fsp3) is 0.529. The van der Waals surface area contributed by atoms with Gasteiger partial charge in [0.25, 0.3) is 0 Å². The van der Waals surface area contributed by atoms with E-state index < -0.39 is 23.4 Å². The molecule has 0 bridgehead atoms. The fourth-order valence-electron chi connectivity index (χ4n) is 3.31. The molecule has 6 nitrogen and oxygen atoms in total. The highest BCUT2D eigenvalue weighted by atomic mass is 16.4. The summed E-state index contributed by atoms with van der Waals surface area (Å²) in [5, 5.41) is 19.9. The lowest BCUT2D eigenvalue weighted by molar-refractivity contribution is -0.164. The summed E-state index contributed by atoms with van der Waals surface area (Å²) < 4.78 is 0. The van der Waals surface area contributed by atoms with Crippen molar-refractivity contribution in [2.75, 3.05) is 13.1 Å². The lowest BCUT2D eigenvalue weighted by Crippen LogP contribution is -2.54. The molecule has 1 fully saturated rings. The van der Waals surface area contributed by atoms with E-state index in [1.165, 1.54) is 0 Å². The smallest absolute Gasteiger partial charge is 0.312 e. The molecule has 2 atom stereocenters. The predicted molar refractivity (Wildman–Crippen MR) is 85.8 cm³/mol. The van der Waals surface area contributed by atoms with Gasteiger partial charge in [0.1, 0.15) is 0 Å². The van der Waals surface area contributed by atoms with E-state index in [0.29, 0.717) is 38.0 Å². The van der Waals surface area contributed by atoms with Crippen LogP contribution < -0.4 is 5.73 Å². The summed E-state index contributed by atoms with van der Waals surface area (Å²) in [7, 11) is 0. The average Bonchev–Trinajstić information content (AvgIpc) is 2.50. The first kappa shape index (κ1) is 17.4. The van der Waals surface area contributed by atoms with E-state index in [1.807, 2.05) is 24.0 Å². The quantitative estimate of drug-likeness (QED) is 0.731. The van der Waals surface area contributed by atoms with Crippen molar-refractivity contribution in [3.63, 3.8) is 0 Å². The Bertz CT molecular complexity index is 572. The monoisotopic (exact) mass is 320 g/mol. The number of aliphatic carboxylic acids is 1. The standard InChI is InChI=1S/C17H24N2O4/c1-2-7-17(16(22)23)8-9-19(11-14(17)20)10-12-3-5-13(6-4-12)15(18)21/h3-6,14,20H,2,7-11H2,1H3,(H2,18,21)(H,22,23)/t14-,17-/m0/s1. The number of aliphatic hydroxyl groups is 1. The molecule has 23 heavy (non-hydrogen) atoms. The van der Waals surface area contributed by atoms with Crippen LogP contribution in [0.15, 0.2) is 24.3 Å². The van der Waals surface area contributed by atoms with E-state index in [4.69, 9.17) is 5.73 Å². The molecule has 1 aromatic carbocycles. The van der Waals surface area contributed by atoms with E-state index >= 15 is 0 Å². The number of aliphatic hydroxyl groups excluding tert-OH is 1. The number of hydrogen-bond donors (Lipinski definition) is 3. The van der Waals surface area contributed by atoms with Gasteiger partial charge in [-0.15, -0.1) is 0 Å². The molecule has 0 spiro atoms. The minimum absolute atomic E-state index is 0.337. The molecule has 0 radical (unpaired) electrons. The van der Waals surface area contributed by atoms with E-state index in [1.54, 1.807) is 12.1 Å². The molecule has 6 heteroatoms. The van der Waals surface area contributed by atoms with Crippen LogP contribution in [0.1, 0.15) is 42.1 Å². The Morgan fingerprint density at radius 2 is 2.00 bits per heavy atom. The Balaban J connectivity index is 2.02. The van der Waals surface area contributed by atoms with Crippen molar-refractivity contribution in [3.8, 4) is 0 Å². The van der Waals surface area contributed by atoms with Crippen LogP contribution in [-0.2, 0) is 11.3 Å². The lowest BCUT2D eigenvalue weighted by Gasteiger charge is -2.42. The summed E-state index contributed by atoms with van der Waals surface area (Å²) in [6.45, 7) is 3.51. The maximum Gasteiger partial charge on any atom is 0.312 e. The Hall–Kier alpha value is -1.92. The van der Waals surface area contributed by atoms with Gasteiger partial charge < -0.3 is 15.9 Å². The van der Waals surface area contributed by atoms with Crippen LogP contribution in [0.2, 0.25) is 0 Å². The first-order valence-electron chi connectivity index (χ1n) is 7.91. The average molecular weight is 320 g/mol. The van der Waals surface area contributed by atoms with Crippen LogP contribution in [0.5, 0.6) is 0 Å². The second kappa shape index (κ2) is 7.10. The highest BCUT2D eigenvalue weighted by Crippen LogP contribution is 2.37. The number of primary amides is 1. The Morgan fingerprint density at radius 3 is 2.48 bits per heavy atom. The van der Waals surface area contributed by atoms with Crippen molar-refractivity contribution in [2.45, 2.75) is 38.8 Å². The third-order valence-corrected chi connectivity index (χ3v) is 4.71. The number of hydrogen-bond acceptors (Lipinski definition) is 4. The number of β-amino-alcohol motifs (C(OH)–C–C–N with tert-alkyl or cyclic N) is 1. The number of carbonyl (C=O) groups is 2. The molecule has 1 aliphatic rings. The number of rotatable bonds is 6. The fourth-order valence-corrected chi connectivity index (χ4v) is 3.31. The van der Waals surface area contributed by atoms with Gasteiger partial charge in [0.15, 0.2) is 0 Å². The molecule has 1 aliphatic heterocycles. The molecule has 0 aliphatic carbocycles. The van der Waals surface area contributed by atoms with Crippen molar-refractivity contribution >= 4 is 11.9 Å². The second-order valence-electron chi connectivity index (χ2n) is 6.27. The molecule has 0 unspecified atom stereocenters. The van der Waals surface area contributed by atoms with Crippen molar-refractivity contribution < 1.29 is 19.8 Å². The Morgan fingerprint density at radius 1 is 1.35 bits per heavy atom. The van der Waals surface area contributed by atoms with E-state index in [9.17, 15) is 19.8 Å². The lowest BCUT2D eigenvalue weighted by atomic mass is 9.73. The first-order chi connectivity index (χ1) is 10.9. The van der Waals surface area contributed by atoms with Gasteiger partial charge >= 0.3 is 5.97 Å². The maximum absolute atomic E-state index is 11.6. The molecule has 126 valence electrons. The third-order valence-electron chi connectivity index (χ3n) is 4.71. The number of carboxylic acids is 1.